The van der Waals surface area contributed by atoms with Crippen molar-refractivity contribution in [2.24, 2.45) is 11.3 Å². The number of fused-ring (bicyclic) bond motifs is 1. The number of nitrogens with zero attached hydrogens (tertiary/aromatic N) is 1. The topological polar surface area (TPSA) is 44.0 Å². The molecule has 0 saturated heterocycles. The fourth-order valence-corrected chi connectivity index (χ4v) is 3.16. The predicted octanol–water partition coefficient (Wildman–Crippen LogP) is 2.01. The van der Waals surface area contributed by atoms with E-state index in [0.717, 1.165) is 31.3 Å². The van der Waals surface area contributed by atoms with Crippen LogP contribution < -0.4 is 0 Å². The third-order valence-corrected chi connectivity index (χ3v) is 3.77. The fraction of sp³-hybridized carbons (Fsp3) is 0.727. The first-order valence-corrected chi connectivity index (χ1v) is 4.83. The Hall–Kier alpha value is -0.810. The third-order valence-electron chi connectivity index (χ3n) is 3.77. The number of hydrogen-bond acceptors (Lipinski definition) is 2. The number of aliphatic hydroxyl groups is 1. The summed E-state index contributed by atoms with van der Waals surface area (Å²) in [7, 11) is 0. The maximum Gasteiger partial charge on any atom is 0.0700 e. The molecule has 0 aromatic carbocycles. The average molecular weight is 177 g/mol. The van der Waals surface area contributed by atoms with Crippen molar-refractivity contribution in [1.29, 1.82) is 5.26 Å². The summed E-state index contributed by atoms with van der Waals surface area (Å²) >= 11 is 0. The Labute approximate surface area is 78.9 Å². The van der Waals surface area contributed by atoms with Crippen LogP contribution in [0.25, 0.3) is 0 Å². The van der Waals surface area contributed by atoms with Crippen LogP contribution in [0, 0.1) is 22.7 Å². The highest BCUT2D eigenvalue weighted by molar-refractivity contribution is 5.29. The lowest BCUT2D eigenvalue weighted by molar-refractivity contribution is 0.0241. The standard InChI is InChI=1S/C11H15NO/c1-8-3-4-11(7-12)6-5-10(2,13)9(8)11/h9,13H,1,3-6H2,2H3/t9?,10-,11+/m1/s1. The predicted molar refractivity (Wildman–Crippen MR) is 49.8 cm³/mol. The zero-order valence-corrected chi connectivity index (χ0v) is 8.01. The molecule has 2 nitrogen and oxygen atoms in total. The lowest BCUT2D eigenvalue weighted by atomic mass is 9.77. The molecule has 2 heteroatoms. The van der Waals surface area contributed by atoms with Gasteiger partial charge in [0.1, 0.15) is 0 Å². The summed E-state index contributed by atoms with van der Waals surface area (Å²) in [6.07, 6.45) is 3.38. The van der Waals surface area contributed by atoms with Gasteiger partial charge < -0.3 is 5.11 Å². The molecule has 0 bridgehead atoms. The van der Waals surface area contributed by atoms with Gasteiger partial charge in [0.15, 0.2) is 0 Å². The highest BCUT2D eigenvalue weighted by Gasteiger charge is 2.58. The molecule has 0 aromatic rings. The molecular weight excluding hydrogens is 162 g/mol. The Morgan fingerprint density at radius 1 is 1.54 bits per heavy atom. The van der Waals surface area contributed by atoms with E-state index in [4.69, 9.17) is 0 Å². The summed E-state index contributed by atoms with van der Waals surface area (Å²) in [5.41, 5.74) is 0.0909. The maximum absolute atomic E-state index is 10.1. The molecule has 0 heterocycles. The quantitative estimate of drug-likeness (QED) is 0.575. The summed E-state index contributed by atoms with van der Waals surface area (Å²) in [5.74, 6) is 0.0185. The molecule has 3 atom stereocenters. The van der Waals surface area contributed by atoms with Gasteiger partial charge in [0.25, 0.3) is 0 Å². The van der Waals surface area contributed by atoms with E-state index in [-0.39, 0.29) is 11.3 Å². The Bertz CT molecular complexity index is 300. The second-order valence-electron chi connectivity index (χ2n) is 4.72. The van der Waals surface area contributed by atoms with Gasteiger partial charge in [0.05, 0.1) is 17.1 Å². The molecule has 13 heavy (non-hydrogen) atoms. The van der Waals surface area contributed by atoms with Crippen LogP contribution in [0.15, 0.2) is 12.2 Å². The minimum absolute atomic E-state index is 0.0185. The van der Waals surface area contributed by atoms with Crippen LogP contribution in [0.1, 0.15) is 32.6 Å². The monoisotopic (exact) mass is 177 g/mol. The van der Waals surface area contributed by atoms with E-state index in [9.17, 15) is 10.4 Å². The van der Waals surface area contributed by atoms with Crippen molar-refractivity contribution in [1.82, 2.24) is 0 Å². The van der Waals surface area contributed by atoms with Crippen LogP contribution in [0.2, 0.25) is 0 Å². The largest absolute Gasteiger partial charge is 0.389 e. The van der Waals surface area contributed by atoms with Gasteiger partial charge in [-0.2, -0.15) is 5.26 Å². The zero-order valence-electron chi connectivity index (χ0n) is 8.01. The molecule has 2 aliphatic rings. The third kappa shape index (κ3) is 0.971. The van der Waals surface area contributed by atoms with Crippen LogP contribution in [-0.2, 0) is 0 Å². The minimum Gasteiger partial charge on any atom is -0.389 e. The van der Waals surface area contributed by atoms with E-state index in [0.29, 0.717) is 0 Å². The van der Waals surface area contributed by atoms with Crippen molar-refractivity contribution in [3.8, 4) is 6.07 Å². The Morgan fingerprint density at radius 3 is 2.77 bits per heavy atom. The van der Waals surface area contributed by atoms with Gasteiger partial charge in [0, 0.05) is 5.92 Å². The first-order chi connectivity index (χ1) is 6.02. The van der Waals surface area contributed by atoms with Crippen molar-refractivity contribution in [2.45, 2.75) is 38.2 Å². The fourth-order valence-electron chi connectivity index (χ4n) is 3.16. The average Bonchev–Trinajstić information content (AvgIpc) is 2.53. The Balaban J connectivity index is 2.44. The van der Waals surface area contributed by atoms with Crippen LogP contribution in [0.5, 0.6) is 0 Å². The van der Waals surface area contributed by atoms with Gasteiger partial charge in [-0.05, 0) is 32.6 Å². The van der Waals surface area contributed by atoms with Crippen LogP contribution in [0.3, 0.4) is 0 Å². The molecule has 0 aromatic heterocycles. The molecule has 2 rings (SSSR count). The smallest absolute Gasteiger partial charge is 0.0700 e. The van der Waals surface area contributed by atoms with Crippen molar-refractivity contribution in [3.05, 3.63) is 12.2 Å². The normalized spacial score (nSPS) is 49.0. The lowest BCUT2D eigenvalue weighted by Gasteiger charge is -2.29. The molecule has 1 N–H and O–H groups in total. The van der Waals surface area contributed by atoms with Gasteiger partial charge in [-0.1, -0.05) is 12.2 Å². The number of rotatable bonds is 0. The molecule has 2 fully saturated rings. The van der Waals surface area contributed by atoms with Crippen LogP contribution >= 0.6 is 0 Å². The first-order valence-electron chi connectivity index (χ1n) is 4.83. The summed E-state index contributed by atoms with van der Waals surface area (Å²) in [6, 6.07) is 2.40. The summed E-state index contributed by atoms with van der Waals surface area (Å²) in [4.78, 5) is 0. The molecule has 0 radical (unpaired) electrons. The summed E-state index contributed by atoms with van der Waals surface area (Å²) in [5, 5.41) is 19.3. The number of nitriles is 1. The van der Waals surface area contributed by atoms with E-state index in [2.05, 4.69) is 12.6 Å². The lowest BCUT2D eigenvalue weighted by Crippen LogP contribution is -2.34. The van der Waals surface area contributed by atoms with Crippen molar-refractivity contribution < 1.29 is 5.11 Å². The maximum atomic E-state index is 10.1. The van der Waals surface area contributed by atoms with E-state index >= 15 is 0 Å². The van der Waals surface area contributed by atoms with Gasteiger partial charge >= 0.3 is 0 Å². The highest BCUT2D eigenvalue weighted by Crippen LogP contribution is 2.59. The second-order valence-corrected chi connectivity index (χ2v) is 4.72. The van der Waals surface area contributed by atoms with E-state index in [1.165, 1.54) is 0 Å². The van der Waals surface area contributed by atoms with Crippen LogP contribution in [-0.4, -0.2) is 10.7 Å². The van der Waals surface area contributed by atoms with Gasteiger partial charge in [0.2, 0.25) is 0 Å². The van der Waals surface area contributed by atoms with Gasteiger partial charge in [-0.15, -0.1) is 0 Å². The molecule has 70 valence electrons. The van der Waals surface area contributed by atoms with Crippen molar-refractivity contribution >= 4 is 0 Å². The van der Waals surface area contributed by atoms with Crippen molar-refractivity contribution in [2.75, 3.05) is 0 Å². The molecule has 2 saturated carbocycles. The summed E-state index contributed by atoms with van der Waals surface area (Å²) in [6.45, 7) is 5.81. The second kappa shape index (κ2) is 2.36. The molecule has 2 aliphatic carbocycles. The van der Waals surface area contributed by atoms with Gasteiger partial charge in [-0.3, -0.25) is 0 Å². The summed E-state index contributed by atoms with van der Waals surface area (Å²) < 4.78 is 0. The molecule has 1 unspecified atom stereocenters. The zero-order chi connectivity index (χ0) is 9.69. The highest BCUT2D eigenvalue weighted by atomic mass is 16.3. The molecule has 0 aliphatic heterocycles. The Kier molecular flexibility index (Phi) is 1.59. The first kappa shape index (κ1) is 8.77. The Morgan fingerprint density at radius 2 is 2.23 bits per heavy atom. The molecule has 0 spiro atoms. The van der Waals surface area contributed by atoms with E-state index < -0.39 is 5.60 Å². The SMILES string of the molecule is C=C1CC[C@@]2(C#N)CC[C@@](C)(O)C12. The van der Waals surface area contributed by atoms with E-state index in [1.54, 1.807) is 0 Å². The molecule has 0 amide bonds. The van der Waals surface area contributed by atoms with Gasteiger partial charge in [-0.25, -0.2) is 0 Å². The molecular formula is C11H15NO. The number of hydrogen-bond donors (Lipinski definition) is 1. The minimum atomic E-state index is -0.691. The van der Waals surface area contributed by atoms with Crippen molar-refractivity contribution in [3.63, 3.8) is 0 Å². The van der Waals surface area contributed by atoms with E-state index in [1.807, 2.05) is 6.92 Å². The van der Waals surface area contributed by atoms with Crippen LogP contribution in [0.4, 0.5) is 0 Å².